The van der Waals surface area contributed by atoms with Crippen molar-refractivity contribution in [1.29, 1.82) is 0 Å². The number of hydrogen-bond acceptors (Lipinski definition) is 4. The molecule has 1 aliphatic rings. The van der Waals surface area contributed by atoms with Gasteiger partial charge in [0.2, 0.25) is 0 Å². The molecule has 0 fully saturated rings. The molecule has 19 heavy (non-hydrogen) atoms. The van der Waals surface area contributed by atoms with Gasteiger partial charge in [0, 0.05) is 16.7 Å². The van der Waals surface area contributed by atoms with E-state index in [4.69, 9.17) is 0 Å². The fraction of sp³-hybridized carbons (Fsp3) is 0.0667. The van der Waals surface area contributed by atoms with Crippen molar-refractivity contribution in [2.45, 2.75) is 6.92 Å². The highest BCUT2D eigenvalue weighted by atomic mass is 16.3. The van der Waals surface area contributed by atoms with Crippen LogP contribution in [0.4, 0.5) is 0 Å². The first-order chi connectivity index (χ1) is 9.02. The van der Waals surface area contributed by atoms with Crippen LogP contribution < -0.4 is 0 Å². The molecule has 0 bridgehead atoms. The Morgan fingerprint density at radius 1 is 0.842 bits per heavy atom. The van der Waals surface area contributed by atoms with Crippen LogP contribution in [0.5, 0.6) is 11.5 Å². The summed E-state index contributed by atoms with van der Waals surface area (Å²) in [6.07, 6.45) is 0. The molecule has 0 aliphatic heterocycles. The number of carbonyl (C=O) groups excluding carboxylic acids is 2. The molecule has 0 heterocycles. The van der Waals surface area contributed by atoms with E-state index in [1.807, 2.05) is 0 Å². The third kappa shape index (κ3) is 1.40. The van der Waals surface area contributed by atoms with Gasteiger partial charge in [0.25, 0.3) is 0 Å². The SMILES string of the molecule is Cc1cccc2c1C(=O)c1ccc(O)c(O)c1C2=O. The number of phenolic OH excluding ortho intramolecular Hbond substituents is 2. The molecule has 3 rings (SSSR count). The second-order valence-corrected chi connectivity index (χ2v) is 4.51. The summed E-state index contributed by atoms with van der Waals surface area (Å²) in [7, 11) is 0. The topological polar surface area (TPSA) is 74.6 Å². The minimum Gasteiger partial charge on any atom is -0.504 e. The molecule has 0 aromatic heterocycles. The highest BCUT2D eigenvalue weighted by Gasteiger charge is 2.33. The first-order valence-electron chi connectivity index (χ1n) is 5.76. The van der Waals surface area contributed by atoms with Crippen LogP contribution in [-0.2, 0) is 0 Å². The largest absolute Gasteiger partial charge is 0.504 e. The monoisotopic (exact) mass is 254 g/mol. The van der Waals surface area contributed by atoms with Crippen molar-refractivity contribution in [3.05, 3.63) is 58.1 Å². The molecule has 0 amide bonds. The average molecular weight is 254 g/mol. The Morgan fingerprint density at radius 3 is 2.21 bits per heavy atom. The lowest BCUT2D eigenvalue weighted by Gasteiger charge is -2.20. The standard InChI is InChI=1S/C15H10O4/c1-7-3-2-4-8-11(7)13(17)9-5-6-10(16)15(19)12(9)14(8)18/h2-6,16,19H,1H3. The van der Waals surface area contributed by atoms with E-state index >= 15 is 0 Å². The predicted molar refractivity (Wildman–Crippen MR) is 67.8 cm³/mol. The second kappa shape index (κ2) is 3.68. The van der Waals surface area contributed by atoms with Gasteiger partial charge in [-0.25, -0.2) is 0 Å². The van der Waals surface area contributed by atoms with Crippen LogP contribution in [0.1, 0.15) is 37.4 Å². The Bertz CT molecular complexity index is 744. The van der Waals surface area contributed by atoms with E-state index in [9.17, 15) is 19.8 Å². The summed E-state index contributed by atoms with van der Waals surface area (Å²) in [4.78, 5) is 24.7. The minimum absolute atomic E-state index is 0.122. The fourth-order valence-electron chi connectivity index (χ4n) is 2.43. The van der Waals surface area contributed by atoms with Crippen LogP contribution in [0.25, 0.3) is 0 Å². The van der Waals surface area contributed by atoms with E-state index in [1.165, 1.54) is 12.1 Å². The number of phenols is 2. The molecule has 2 aromatic carbocycles. The predicted octanol–water partition coefficient (Wildman–Crippen LogP) is 2.18. The van der Waals surface area contributed by atoms with Crippen molar-refractivity contribution in [2.75, 3.05) is 0 Å². The molecule has 4 nitrogen and oxygen atoms in total. The van der Waals surface area contributed by atoms with Crippen molar-refractivity contribution in [1.82, 2.24) is 0 Å². The first kappa shape index (κ1) is 11.5. The molecule has 0 radical (unpaired) electrons. The number of rotatable bonds is 0. The van der Waals surface area contributed by atoms with Crippen molar-refractivity contribution in [3.8, 4) is 11.5 Å². The van der Waals surface area contributed by atoms with Crippen molar-refractivity contribution < 1.29 is 19.8 Å². The summed E-state index contributed by atoms with van der Waals surface area (Å²) < 4.78 is 0. The van der Waals surface area contributed by atoms with Gasteiger partial charge in [-0.3, -0.25) is 9.59 Å². The molecule has 0 saturated heterocycles. The van der Waals surface area contributed by atoms with Gasteiger partial charge in [0.05, 0.1) is 5.56 Å². The van der Waals surface area contributed by atoms with Gasteiger partial charge < -0.3 is 10.2 Å². The molecule has 94 valence electrons. The van der Waals surface area contributed by atoms with Crippen LogP contribution in [0, 0.1) is 6.92 Å². The van der Waals surface area contributed by atoms with Crippen LogP contribution >= 0.6 is 0 Å². The first-order valence-corrected chi connectivity index (χ1v) is 5.76. The number of ketones is 2. The lowest BCUT2D eigenvalue weighted by Crippen LogP contribution is -2.22. The molecule has 0 spiro atoms. The van der Waals surface area contributed by atoms with E-state index in [0.29, 0.717) is 11.1 Å². The van der Waals surface area contributed by atoms with Gasteiger partial charge >= 0.3 is 0 Å². The summed E-state index contributed by atoms with van der Waals surface area (Å²) in [5, 5.41) is 19.3. The molecular formula is C15H10O4. The highest BCUT2D eigenvalue weighted by Crippen LogP contribution is 2.38. The molecule has 2 aromatic rings. The smallest absolute Gasteiger partial charge is 0.198 e. The Morgan fingerprint density at radius 2 is 1.47 bits per heavy atom. The zero-order valence-electron chi connectivity index (χ0n) is 10.1. The molecular weight excluding hydrogens is 244 g/mol. The Balaban J connectivity index is 2.40. The van der Waals surface area contributed by atoms with Crippen LogP contribution in [0.15, 0.2) is 30.3 Å². The molecule has 2 N–H and O–H groups in total. The Hall–Kier alpha value is -2.62. The molecule has 0 atom stereocenters. The maximum Gasteiger partial charge on any atom is 0.198 e. The maximum atomic E-state index is 12.4. The van der Waals surface area contributed by atoms with E-state index < -0.39 is 17.3 Å². The van der Waals surface area contributed by atoms with Gasteiger partial charge in [-0.2, -0.15) is 0 Å². The maximum absolute atomic E-state index is 12.4. The van der Waals surface area contributed by atoms with E-state index in [0.717, 1.165) is 0 Å². The average Bonchev–Trinajstić information content (AvgIpc) is 2.39. The van der Waals surface area contributed by atoms with Crippen LogP contribution in [0.2, 0.25) is 0 Å². The number of carbonyl (C=O) groups is 2. The summed E-state index contributed by atoms with van der Waals surface area (Å²) in [6, 6.07) is 7.57. The lowest BCUT2D eigenvalue weighted by molar-refractivity contribution is 0.0975. The Labute approximate surface area is 108 Å². The summed E-state index contributed by atoms with van der Waals surface area (Å²) in [5.41, 5.74) is 1.35. The zero-order chi connectivity index (χ0) is 13.7. The number of aryl methyl sites for hydroxylation is 1. The van der Waals surface area contributed by atoms with E-state index in [2.05, 4.69) is 0 Å². The molecule has 4 heteroatoms. The normalized spacial score (nSPS) is 13.1. The second-order valence-electron chi connectivity index (χ2n) is 4.51. The summed E-state index contributed by atoms with van der Waals surface area (Å²) in [5.74, 6) is -1.70. The number of benzene rings is 2. The van der Waals surface area contributed by atoms with Gasteiger partial charge in [-0.05, 0) is 24.6 Å². The van der Waals surface area contributed by atoms with Crippen molar-refractivity contribution in [2.24, 2.45) is 0 Å². The zero-order valence-corrected chi connectivity index (χ0v) is 10.1. The fourth-order valence-corrected chi connectivity index (χ4v) is 2.43. The van der Waals surface area contributed by atoms with E-state index in [-0.39, 0.29) is 22.5 Å². The van der Waals surface area contributed by atoms with Gasteiger partial charge in [-0.15, -0.1) is 0 Å². The molecule has 1 aliphatic carbocycles. The van der Waals surface area contributed by atoms with Crippen LogP contribution in [-0.4, -0.2) is 21.8 Å². The van der Waals surface area contributed by atoms with Crippen molar-refractivity contribution in [3.63, 3.8) is 0 Å². The van der Waals surface area contributed by atoms with Gasteiger partial charge in [-0.1, -0.05) is 18.2 Å². The van der Waals surface area contributed by atoms with Crippen LogP contribution in [0.3, 0.4) is 0 Å². The number of hydrogen-bond donors (Lipinski definition) is 2. The quantitative estimate of drug-likeness (QED) is 0.603. The number of fused-ring (bicyclic) bond motifs is 2. The van der Waals surface area contributed by atoms with Gasteiger partial charge in [0.1, 0.15) is 0 Å². The molecule has 0 unspecified atom stereocenters. The van der Waals surface area contributed by atoms with E-state index in [1.54, 1.807) is 25.1 Å². The Kier molecular flexibility index (Phi) is 2.22. The molecule has 0 saturated carbocycles. The van der Waals surface area contributed by atoms with Gasteiger partial charge in [0.15, 0.2) is 23.1 Å². The minimum atomic E-state index is -0.539. The summed E-state index contributed by atoms with van der Waals surface area (Å²) in [6.45, 7) is 1.76. The number of aromatic hydroxyl groups is 2. The third-order valence-corrected chi connectivity index (χ3v) is 3.37. The highest BCUT2D eigenvalue weighted by molar-refractivity contribution is 6.29. The third-order valence-electron chi connectivity index (χ3n) is 3.37. The van der Waals surface area contributed by atoms with Crippen molar-refractivity contribution >= 4 is 11.6 Å². The lowest BCUT2D eigenvalue weighted by atomic mass is 9.81. The summed E-state index contributed by atoms with van der Waals surface area (Å²) >= 11 is 0.